The summed E-state index contributed by atoms with van der Waals surface area (Å²) in [4.78, 5) is 15.6. The van der Waals surface area contributed by atoms with E-state index in [1.807, 2.05) is 71.6 Å². The van der Waals surface area contributed by atoms with Crippen molar-refractivity contribution in [1.82, 2.24) is 4.90 Å². The van der Waals surface area contributed by atoms with Crippen LogP contribution in [0.3, 0.4) is 0 Å². The molecule has 38 heavy (non-hydrogen) atoms. The molecule has 0 spiro atoms. The van der Waals surface area contributed by atoms with Gasteiger partial charge in [-0.3, -0.25) is 4.79 Å². The van der Waals surface area contributed by atoms with Gasteiger partial charge in [0.2, 0.25) is 0 Å². The Labute approximate surface area is 234 Å². The highest BCUT2D eigenvalue weighted by atomic mass is 35.5. The Bertz CT molecular complexity index is 1240. The van der Waals surface area contributed by atoms with E-state index in [1.165, 1.54) is 0 Å². The van der Waals surface area contributed by atoms with E-state index >= 15 is 0 Å². The zero-order valence-electron chi connectivity index (χ0n) is 22.0. The maximum Gasteiger partial charge on any atom is 0.252 e. The van der Waals surface area contributed by atoms with Crippen LogP contribution in [-0.2, 0) is 20.9 Å². The van der Waals surface area contributed by atoms with Crippen molar-refractivity contribution in [1.29, 1.82) is 0 Å². The lowest BCUT2D eigenvalue weighted by Gasteiger charge is -2.47. The number of rotatable bonds is 10. The molecule has 4 rings (SSSR count). The molecule has 1 aliphatic rings. The van der Waals surface area contributed by atoms with Gasteiger partial charge in [-0.05, 0) is 66.4 Å². The molecule has 1 fully saturated rings. The third-order valence-electron chi connectivity index (χ3n) is 6.82. The van der Waals surface area contributed by atoms with Crippen LogP contribution in [0.25, 0.3) is 0 Å². The minimum absolute atomic E-state index is 0.0789. The lowest BCUT2D eigenvalue weighted by atomic mass is 9.90. The fraction of sp³-hybridized carbons (Fsp3) is 0.367. The van der Waals surface area contributed by atoms with Crippen LogP contribution >= 0.6 is 23.2 Å². The number of benzene rings is 3. The molecule has 0 bridgehead atoms. The summed E-state index contributed by atoms with van der Waals surface area (Å²) in [6.45, 7) is 4.58. The van der Waals surface area contributed by atoms with Crippen LogP contribution in [0.15, 0.2) is 66.7 Å². The Balaban J connectivity index is 1.63. The average Bonchev–Trinajstić information content (AvgIpc) is 2.93. The number of nitrogens with zero attached hydrogens (tertiary/aromatic N) is 1. The van der Waals surface area contributed by atoms with Crippen LogP contribution in [0.4, 0.5) is 0 Å². The molecule has 0 N–H and O–H groups in total. The Morgan fingerprint density at radius 3 is 2.32 bits per heavy atom. The second-order valence-corrected chi connectivity index (χ2v) is 10.1. The molecule has 1 aliphatic heterocycles. The van der Waals surface area contributed by atoms with Crippen molar-refractivity contribution in [3.63, 3.8) is 0 Å². The van der Waals surface area contributed by atoms with Crippen LogP contribution in [0.5, 0.6) is 11.5 Å². The van der Waals surface area contributed by atoms with Gasteiger partial charge in [0.25, 0.3) is 5.91 Å². The molecule has 0 saturated carbocycles. The molecule has 4 unspecified atom stereocenters. The molecule has 1 heterocycles. The van der Waals surface area contributed by atoms with Crippen molar-refractivity contribution in [2.24, 2.45) is 0 Å². The maximum atomic E-state index is 13.7. The summed E-state index contributed by atoms with van der Waals surface area (Å²) < 4.78 is 23.2. The van der Waals surface area contributed by atoms with E-state index in [0.29, 0.717) is 41.2 Å². The summed E-state index contributed by atoms with van der Waals surface area (Å²) in [5.74, 6) is 1.23. The molecule has 0 aliphatic carbocycles. The Hall–Kier alpha value is -2.77. The molecule has 3 aromatic carbocycles. The fourth-order valence-corrected chi connectivity index (χ4v) is 5.20. The average molecular weight is 559 g/mol. The third-order valence-corrected chi connectivity index (χ3v) is 7.31. The number of hydrogen-bond donors (Lipinski definition) is 0. The van der Waals surface area contributed by atoms with Crippen LogP contribution in [0.1, 0.15) is 49.1 Å². The van der Waals surface area contributed by atoms with Gasteiger partial charge in [-0.1, -0.05) is 60.5 Å². The summed E-state index contributed by atoms with van der Waals surface area (Å²) in [5.41, 5.74) is 2.78. The van der Waals surface area contributed by atoms with Crippen LogP contribution < -0.4 is 9.47 Å². The number of halogens is 2. The number of morpholine rings is 1. The number of carbonyl (C=O) groups is 1. The smallest absolute Gasteiger partial charge is 0.252 e. The number of ether oxygens (including phenoxy) is 4. The quantitative estimate of drug-likeness (QED) is 0.267. The molecular formula is C30H33Cl2NO5. The van der Waals surface area contributed by atoms with Gasteiger partial charge in [0.05, 0.1) is 39.5 Å². The zero-order valence-corrected chi connectivity index (χ0v) is 23.5. The van der Waals surface area contributed by atoms with E-state index in [9.17, 15) is 4.79 Å². The molecule has 6 nitrogen and oxygen atoms in total. The van der Waals surface area contributed by atoms with Gasteiger partial charge in [-0.2, -0.15) is 0 Å². The number of carbonyl (C=O) groups excluding carboxylic acids is 1. The highest BCUT2D eigenvalue weighted by Gasteiger charge is 2.45. The third kappa shape index (κ3) is 6.26. The van der Waals surface area contributed by atoms with Gasteiger partial charge in [0, 0.05) is 10.0 Å². The van der Waals surface area contributed by atoms with E-state index in [2.05, 4.69) is 6.92 Å². The predicted octanol–water partition coefficient (Wildman–Crippen LogP) is 7.04. The van der Waals surface area contributed by atoms with Gasteiger partial charge < -0.3 is 23.8 Å². The van der Waals surface area contributed by atoms with Crippen LogP contribution in [0, 0.1) is 0 Å². The zero-order chi connectivity index (χ0) is 27.2. The molecule has 0 aromatic heterocycles. The van der Waals surface area contributed by atoms with Crippen molar-refractivity contribution in [3.8, 4) is 11.5 Å². The minimum atomic E-state index is -0.623. The lowest BCUT2D eigenvalue weighted by molar-refractivity contribution is -0.179. The summed E-state index contributed by atoms with van der Waals surface area (Å²) in [5, 5.41) is 1.24. The summed E-state index contributed by atoms with van der Waals surface area (Å²) in [6.07, 6.45) is -0.332. The first-order valence-electron chi connectivity index (χ1n) is 12.6. The number of hydrogen-bond acceptors (Lipinski definition) is 5. The van der Waals surface area contributed by atoms with Gasteiger partial charge in [0.15, 0.2) is 11.5 Å². The van der Waals surface area contributed by atoms with E-state index < -0.39 is 12.2 Å². The highest BCUT2D eigenvalue weighted by Crippen LogP contribution is 2.44. The first kappa shape index (κ1) is 28.2. The van der Waals surface area contributed by atoms with E-state index in [4.69, 9.17) is 42.1 Å². The SMILES string of the molecule is CCC(COCc1ccc(OC)c(OC)c1)N1C(=O)C(C)OC(c2cccc(Cl)c2)C1c1ccc(Cl)cc1. The monoisotopic (exact) mass is 557 g/mol. The van der Waals surface area contributed by atoms with Crippen molar-refractivity contribution in [2.45, 2.75) is 51.2 Å². The second-order valence-electron chi connectivity index (χ2n) is 9.26. The predicted molar refractivity (Wildman–Crippen MR) is 149 cm³/mol. The van der Waals surface area contributed by atoms with Crippen molar-refractivity contribution in [2.75, 3.05) is 20.8 Å². The number of methoxy groups -OCH3 is 2. The Morgan fingerprint density at radius 2 is 1.66 bits per heavy atom. The highest BCUT2D eigenvalue weighted by molar-refractivity contribution is 6.30. The van der Waals surface area contributed by atoms with Crippen LogP contribution in [-0.4, -0.2) is 43.8 Å². The van der Waals surface area contributed by atoms with Gasteiger partial charge in [-0.25, -0.2) is 0 Å². The molecule has 202 valence electrons. The van der Waals surface area contributed by atoms with Gasteiger partial charge in [-0.15, -0.1) is 0 Å². The topological polar surface area (TPSA) is 57.2 Å². The summed E-state index contributed by atoms with van der Waals surface area (Å²) in [7, 11) is 3.21. The fourth-order valence-electron chi connectivity index (χ4n) is 4.87. The Morgan fingerprint density at radius 1 is 0.921 bits per heavy atom. The Kier molecular flexibility index (Phi) is 9.55. The maximum absolute atomic E-state index is 13.7. The number of amides is 1. The standard InChI is InChI=1S/C30H33Cl2NO5/c1-5-25(18-37-17-20-9-14-26(35-3)27(15-20)36-4)33-28(21-10-12-23(31)13-11-21)29(38-19(2)30(33)34)22-7-6-8-24(32)16-22/h6-16,19,25,28-29H,5,17-18H2,1-4H3. The summed E-state index contributed by atoms with van der Waals surface area (Å²) >= 11 is 12.6. The normalized spacial score (nSPS) is 20.3. The van der Waals surface area contributed by atoms with E-state index in [0.717, 1.165) is 16.7 Å². The molecule has 8 heteroatoms. The first-order chi connectivity index (χ1) is 18.4. The molecule has 3 aromatic rings. The van der Waals surface area contributed by atoms with Gasteiger partial charge in [0.1, 0.15) is 12.2 Å². The van der Waals surface area contributed by atoms with E-state index in [-0.39, 0.29) is 18.0 Å². The second kappa shape index (κ2) is 12.9. The van der Waals surface area contributed by atoms with Crippen molar-refractivity contribution < 1.29 is 23.7 Å². The van der Waals surface area contributed by atoms with Crippen molar-refractivity contribution >= 4 is 29.1 Å². The molecule has 1 saturated heterocycles. The van der Waals surface area contributed by atoms with E-state index in [1.54, 1.807) is 21.1 Å². The minimum Gasteiger partial charge on any atom is -0.493 e. The van der Waals surface area contributed by atoms with Crippen molar-refractivity contribution in [3.05, 3.63) is 93.5 Å². The molecular weight excluding hydrogens is 525 g/mol. The molecule has 0 radical (unpaired) electrons. The van der Waals surface area contributed by atoms with Gasteiger partial charge >= 0.3 is 0 Å². The largest absolute Gasteiger partial charge is 0.493 e. The summed E-state index contributed by atoms with van der Waals surface area (Å²) in [6, 6.07) is 20.3. The molecule has 1 amide bonds. The first-order valence-corrected chi connectivity index (χ1v) is 13.4. The molecule has 4 atom stereocenters. The van der Waals surface area contributed by atoms with Crippen LogP contribution in [0.2, 0.25) is 10.0 Å². The lowest BCUT2D eigenvalue weighted by Crippen LogP contribution is -2.55.